The molecule has 4 heteroatoms. The molecular formula is C14H21N3O. The van der Waals surface area contributed by atoms with Crippen molar-refractivity contribution < 1.29 is 5.11 Å². The van der Waals surface area contributed by atoms with Crippen molar-refractivity contribution >= 4 is 5.82 Å². The molecule has 0 spiro atoms. The highest BCUT2D eigenvalue weighted by molar-refractivity contribution is 5.38. The van der Waals surface area contributed by atoms with Gasteiger partial charge in [0, 0.05) is 12.6 Å². The number of piperidine rings is 1. The van der Waals surface area contributed by atoms with E-state index >= 15 is 0 Å². The smallest absolute Gasteiger partial charge is 0.147 e. The van der Waals surface area contributed by atoms with E-state index in [9.17, 15) is 0 Å². The summed E-state index contributed by atoms with van der Waals surface area (Å²) >= 11 is 0. The molecule has 1 saturated carbocycles. The van der Waals surface area contributed by atoms with Crippen LogP contribution in [0.5, 0.6) is 0 Å². The van der Waals surface area contributed by atoms with Gasteiger partial charge in [0.1, 0.15) is 5.82 Å². The number of nitrogens with zero attached hydrogens (tertiary/aromatic N) is 3. The molecule has 0 radical (unpaired) electrons. The van der Waals surface area contributed by atoms with Crippen molar-refractivity contribution in [2.24, 2.45) is 5.92 Å². The van der Waals surface area contributed by atoms with Gasteiger partial charge in [-0.3, -0.25) is 4.98 Å². The normalized spacial score (nSPS) is 27.9. The van der Waals surface area contributed by atoms with E-state index in [4.69, 9.17) is 5.11 Å². The molecule has 0 amide bonds. The van der Waals surface area contributed by atoms with Crippen LogP contribution >= 0.6 is 0 Å². The first kappa shape index (κ1) is 11.9. The highest BCUT2D eigenvalue weighted by Crippen LogP contribution is 2.36. The van der Waals surface area contributed by atoms with Crippen molar-refractivity contribution in [3.8, 4) is 0 Å². The number of aliphatic hydroxyl groups excluding tert-OH is 1. The van der Waals surface area contributed by atoms with E-state index in [1.807, 2.05) is 6.20 Å². The van der Waals surface area contributed by atoms with E-state index in [0.29, 0.717) is 11.7 Å². The lowest BCUT2D eigenvalue weighted by atomic mass is 9.78. The molecule has 4 nitrogen and oxygen atoms in total. The molecule has 2 unspecified atom stereocenters. The molecule has 1 aliphatic carbocycles. The molecule has 2 fully saturated rings. The number of fused-ring (bicyclic) bond motifs is 1. The molecule has 0 bridgehead atoms. The molecule has 2 heterocycles. The van der Waals surface area contributed by atoms with Gasteiger partial charge in [0.15, 0.2) is 0 Å². The number of hydrogen-bond donors (Lipinski definition) is 1. The molecule has 1 saturated heterocycles. The van der Waals surface area contributed by atoms with Crippen molar-refractivity contribution in [2.75, 3.05) is 11.4 Å². The summed E-state index contributed by atoms with van der Waals surface area (Å²) in [5, 5.41) is 9.01. The lowest BCUT2D eigenvalue weighted by Crippen LogP contribution is -2.47. The SMILES string of the molecule is OCc1cnc(N2CCCC3CCCCC32)cn1. The molecule has 18 heavy (non-hydrogen) atoms. The van der Waals surface area contributed by atoms with E-state index in [1.54, 1.807) is 6.20 Å². The maximum Gasteiger partial charge on any atom is 0.147 e. The molecule has 2 aliphatic rings. The summed E-state index contributed by atoms with van der Waals surface area (Å²) < 4.78 is 0. The quantitative estimate of drug-likeness (QED) is 0.869. The Labute approximate surface area is 108 Å². The van der Waals surface area contributed by atoms with Crippen molar-refractivity contribution in [3.05, 3.63) is 18.1 Å². The van der Waals surface area contributed by atoms with Crippen LogP contribution in [0.15, 0.2) is 12.4 Å². The molecule has 1 N–H and O–H groups in total. The second-order valence-electron chi connectivity index (χ2n) is 5.47. The van der Waals surface area contributed by atoms with Gasteiger partial charge in [-0.05, 0) is 31.6 Å². The molecule has 1 aromatic rings. The first-order valence-corrected chi connectivity index (χ1v) is 7.07. The maximum atomic E-state index is 9.01. The van der Waals surface area contributed by atoms with Crippen molar-refractivity contribution in [3.63, 3.8) is 0 Å². The van der Waals surface area contributed by atoms with E-state index in [0.717, 1.165) is 18.3 Å². The standard InChI is InChI=1S/C14H21N3O/c18-10-12-8-16-14(9-15-12)17-7-3-5-11-4-1-2-6-13(11)17/h8-9,11,13,18H,1-7,10H2. The Bertz CT molecular complexity index is 391. The Morgan fingerprint density at radius 2 is 1.94 bits per heavy atom. The summed E-state index contributed by atoms with van der Waals surface area (Å²) in [4.78, 5) is 11.2. The molecular weight excluding hydrogens is 226 g/mol. The minimum Gasteiger partial charge on any atom is -0.390 e. The molecule has 3 rings (SSSR count). The van der Waals surface area contributed by atoms with Crippen LogP contribution < -0.4 is 4.90 Å². The fourth-order valence-electron chi connectivity index (χ4n) is 3.49. The number of aliphatic hydroxyl groups is 1. The summed E-state index contributed by atoms with van der Waals surface area (Å²) in [5.41, 5.74) is 0.649. The van der Waals surface area contributed by atoms with Crippen LogP contribution in [0.3, 0.4) is 0 Å². The average molecular weight is 247 g/mol. The van der Waals surface area contributed by atoms with Crippen LogP contribution in [-0.4, -0.2) is 27.7 Å². The van der Waals surface area contributed by atoms with Gasteiger partial charge in [0.2, 0.25) is 0 Å². The van der Waals surface area contributed by atoms with Crippen LogP contribution in [0.1, 0.15) is 44.2 Å². The zero-order chi connectivity index (χ0) is 12.4. The van der Waals surface area contributed by atoms with Crippen LogP contribution in [0, 0.1) is 5.92 Å². The van der Waals surface area contributed by atoms with Gasteiger partial charge in [-0.25, -0.2) is 4.98 Å². The van der Waals surface area contributed by atoms with Gasteiger partial charge < -0.3 is 10.0 Å². The fourth-order valence-corrected chi connectivity index (χ4v) is 3.49. The van der Waals surface area contributed by atoms with E-state index in [1.165, 1.54) is 38.5 Å². The molecule has 1 aromatic heterocycles. The highest BCUT2D eigenvalue weighted by Gasteiger charge is 2.33. The monoisotopic (exact) mass is 247 g/mol. The van der Waals surface area contributed by atoms with E-state index in [2.05, 4.69) is 14.9 Å². The Hall–Kier alpha value is -1.16. The van der Waals surface area contributed by atoms with E-state index < -0.39 is 0 Å². The molecule has 98 valence electrons. The Balaban J connectivity index is 1.80. The first-order valence-electron chi connectivity index (χ1n) is 7.07. The van der Waals surface area contributed by atoms with Gasteiger partial charge in [-0.1, -0.05) is 12.8 Å². The average Bonchev–Trinajstić information content (AvgIpc) is 2.47. The van der Waals surface area contributed by atoms with Gasteiger partial charge >= 0.3 is 0 Å². The Morgan fingerprint density at radius 3 is 2.72 bits per heavy atom. The third kappa shape index (κ3) is 2.21. The third-order valence-electron chi connectivity index (χ3n) is 4.39. The van der Waals surface area contributed by atoms with Crippen LogP contribution in [0.4, 0.5) is 5.82 Å². The second-order valence-corrected chi connectivity index (χ2v) is 5.47. The number of anilines is 1. The lowest BCUT2D eigenvalue weighted by Gasteiger charge is -2.44. The van der Waals surface area contributed by atoms with Crippen molar-refractivity contribution in [1.82, 2.24) is 9.97 Å². The molecule has 1 aliphatic heterocycles. The van der Waals surface area contributed by atoms with Crippen LogP contribution in [-0.2, 0) is 6.61 Å². The van der Waals surface area contributed by atoms with Gasteiger partial charge in [-0.2, -0.15) is 0 Å². The molecule has 2 atom stereocenters. The van der Waals surface area contributed by atoms with E-state index in [-0.39, 0.29) is 6.61 Å². The Morgan fingerprint density at radius 1 is 1.11 bits per heavy atom. The Kier molecular flexibility index (Phi) is 3.46. The van der Waals surface area contributed by atoms with Crippen molar-refractivity contribution in [1.29, 1.82) is 0 Å². The summed E-state index contributed by atoms with van der Waals surface area (Å²) in [6.07, 6.45) is 11.6. The first-order chi connectivity index (χ1) is 8.88. The minimum atomic E-state index is -0.0284. The number of aromatic nitrogens is 2. The second kappa shape index (κ2) is 5.22. The van der Waals surface area contributed by atoms with Gasteiger partial charge in [-0.15, -0.1) is 0 Å². The topological polar surface area (TPSA) is 49.3 Å². The zero-order valence-corrected chi connectivity index (χ0v) is 10.8. The van der Waals surface area contributed by atoms with Crippen LogP contribution in [0.25, 0.3) is 0 Å². The number of hydrogen-bond acceptors (Lipinski definition) is 4. The summed E-state index contributed by atoms with van der Waals surface area (Å²) in [6, 6.07) is 0.668. The maximum absolute atomic E-state index is 9.01. The minimum absolute atomic E-state index is 0.0284. The van der Waals surface area contributed by atoms with Gasteiger partial charge in [0.25, 0.3) is 0 Å². The highest BCUT2D eigenvalue weighted by atomic mass is 16.3. The summed E-state index contributed by atoms with van der Waals surface area (Å²) in [7, 11) is 0. The van der Waals surface area contributed by atoms with Gasteiger partial charge in [0.05, 0.1) is 24.7 Å². The summed E-state index contributed by atoms with van der Waals surface area (Å²) in [6.45, 7) is 1.08. The number of rotatable bonds is 2. The van der Waals surface area contributed by atoms with Crippen molar-refractivity contribution in [2.45, 2.75) is 51.2 Å². The molecule has 0 aromatic carbocycles. The van der Waals surface area contributed by atoms with Crippen LogP contribution in [0.2, 0.25) is 0 Å². The summed E-state index contributed by atoms with van der Waals surface area (Å²) in [5.74, 6) is 1.84. The largest absolute Gasteiger partial charge is 0.390 e. The predicted molar refractivity (Wildman–Crippen MR) is 70.3 cm³/mol. The lowest BCUT2D eigenvalue weighted by molar-refractivity contribution is 0.242. The third-order valence-corrected chi connectivity index (χ3v) is 4.39. The zero-order valence-electron chi connectivity index (χ0n) is 10.8. The fraction of sp³-hybridized carbons (Fsp3) is 0.714. The predicted octanol–water partition coefficient (Wildman–Crippen LogP) is 2.13.